The summed E-state index contributed by atoms with van der Waals surface area (Å²) in [7, 11) is 1.93. The maximum atomic E-state index is 11.2. The van der Waals surface area contributed by atoms with Gasteiger partial charge >= 0.3 is 5.69 Å². The predicted octanol–water partition coefficient (Wildman–Crippen LogP) is -0.315. The van der Waals surface area contributed by atoms with E-state index in [1.165, 1.54) is 10.7 Å². The molecule has 2 heterocycles. The summed E-state index contributed by atoms with van der Waals surface area (Å²) in [5.41, 5.74) is 0.288. The van der Waals surface area contributed by atoms with Crippen LogP contribution in [0.15, 0.2) is 17.2 Å². The molecule has 0 saturated heterocycles. The summed E-state index contributed by atoms with van der Waals surface area (Å²) in [4.78, 5) is 15.4. The molecule has 1 atom stereocenters. The molecule has 0 aliphatic carbocycles. The van der Waals surface area contributed by atoms with Gasteiger partial charge in [0.05, 0.1) is 0 Å². The zero-order valence-corrected chi connectivity index (χ0v) is 9.90. The quantitative estimate of drug-likeness (QED) is 0.662. The van der Waals surface area contributed by atoms with Crippen molar-refractivity contribution < 1.29 is 0 Å². The molecule has 0 fully saturated rings. The molecule has 1 unspecified atom stereocenters. The largest absolute Gasteiger partial charge is 0.370 e. The molecule has 0 aliphatic heterocycles. The molecule has 0 aliphatic rings. The fourth-order valence-corrected chi connectivity index (χ4v) is 1.61. The molecule has 0 aromatic carbocycles. The Morgan fingerprint density at radius 2 is 2.35 bits per heavy atom. The Bertz CT molecular complexity index is 545. The highest BCUT2D eigenvalue weighted by atomic mass is 16.1. The van der Waals surface area contributed by atoms with Crippen molar-refractivity contribution in [2.24, 2.45) is 5.92 Å². The molecule has 7 heteroatoms. The lowest BCUT2D eigenvalue weighted by molar-refractivity contribution is 0.569. The molecular weight excluding hydrogens is 220 g/mol. The van der Waals surface area contributed by atoms with Gasteiger partial charge < -0.3 is 10.6 Å². The van der Waals surface area contributed by atoms with Gasteiger partial charge in [0, 0.05) is 12.6 Å². The van der Waals surface area contributed by atoms with Crippen LogP contribution in [0, 0.1) is 5.92 Å². The van der Waals surface area contributed by atoms with Crippen molar-refractivity contribution in [1.82, 2.24) is 24.9 Å². The second kappa shape index (κ2) is 4.96. The molecule has 0 bridgehead atoms. The number of aromatic amines is 1. The fourth-order valence-electron chi connectivity index (χ4n) is 1.61. The molecule has 2 rings (SSSR count). The summed E-state index contributed by atoms with van der Waals surface area (Å²) in [5, 5.41) is 12.6. The van der Waals surface area contributed by atoms with Gasteiger partial charge in [0.1, 0.15) is 12.1 Å². The number of nitrogens with zero attached hydrogens (tertiary/aromatic N) is 3. The van der Waals surface area contributed by atoms with Crippen molar-refractivity contribution in [3.05, 3.63) is 22.9 Å². The molecule has 0 amide bonds. The number of nitrogens with one attached hydrogen (secondary N) is 3. The third kappa shape index (κ3) is 2.62. The zero-order chi connectivity index (χ0) is 12.3. The normalized spacial score (nSPS) is 12.8. The predicted molar refractivity (Wildman–Crippen MR) is 65.2 cm³/mol. The second-order valence-electron chi connectivity index (χ2n) is 4.07. The van der Waals surface area contributed by atoms with Crippen LogP contribution >= 0.6 is 0 Å². The van der Waals surface area contributed by atoms with Gasteiger partial charge in [-0.15, -0.1) is 0 Å². The Morgan fingerprint density at radius 3 is 3.12 bits per heavy atom. The van der Waals surface area contributed by atoms with Crippen molar-refractivity contribution in [3.63, 3.8) is 0 Å². The van der Waals surface area contributed by atoms with Gasteiger partial charge in [-0.05, 0) is 19.5 Å². The van der Waals surface area contributed by atoms with Crippen molar-refractivity contribution in [2.75, 3.05) is 25.5 Å². The van der Waals surface area contributed by atoms with Crippen LogP contribution in [0.3, 0.4) is 0 Å². The SMILES string of the molecule is CNCC(C)CNc1cc2n[nH]c(=O)n2cn1. The molecule has 2 aromatic heterocycles. The Labute approximate surface area is 98.3 Å². The van der Waals surface area contributed by atoms with Gasteiger partial charge in [0.2, 0.25) is 0 Å². The minimum atomic E-state index is -0.275. The highest BCUT2D eigenvalue weighted by molar-refractivity contribution is 5.48. The van der Waals surface area contributed by atoms with Crippen LogP contribution < -0.4 is 16.3 Å². The number of fused-ring (bicyclic) bond motifs is 1. The summed E-state index contributed by atoms with van der Waals surface area (Å²) in [6.07, 6.45) is 1.46. The van der Waals surface area contributed by atoms with Crippen LogP contribution in [0.25, 0.3) is 5.65 Å². The Balaban J connectivity index is 2.07. The van der Waals surface area contributed by atoms with Crippen molar-refractivity contribution in [2.45, 2.75) is 6.92 Å². The van der Waals surface area contributed by atoms with Crippen LogP contribution in [-0.2, 0) is 0 Å². The van der Waals surface area contributed by atoms with E-state index in [1.807, 2.05) is 7.05 Å². The monoisotopic (exact) mass is 236 g/mol. The number of aromatic nitrogens is 4. The van der Waals surface area contributed by atoms with Gasteiger partial charge in [-0.3, -0.25) is 0 Å². The van der Waals surface area contributed by atoms with Crippen LogP contribution in [-0.4, -0.2) is 39.7 Å². The summed E-state index contributed by atoms with van der Waals surface area (Å²) in [6, 6.07) is 1.74. The van der Waals surface area contributed by atoms with Gasteiger partial charge in [0.25, 0.3) is 0 Å². The van der Waals surface area contributed by atoms with E-state index in [9.17, 15) is 4.79 Å². The molecule has 3 N–H and O–H groups in total. The molecule has 0 saturated carbocycles. The van der Waals surface area contributed by atoms with E-state index in [4.69, 9.17) is 0 Å². The van der Waals surface area contributed by atoms with E-state index < -0.39 is 0 Å². The van der Waals surface area contributed by atoms with E-state index >= 15 is 0 Å². The number of rotatable bonds is 5. The number of hydrogen-bond donors (Lipinski definition) is 3. The summed E-state index contributed by atoms with van der Waals surface area (Å²) in [6.45, 7) is 3.90. The van der Waals surface area contributed by atoms with Crippen molar-refractivity contribution in [1.29, 1.82) is 0 Å². The van der Waals surface area contributed by atoms with Crippen LogP contribution in [0.1, 0.15) is 6.92 Å². The Hall–Kier alpha value is -1.89. The fraction of sp³-hybridized carbons (Fsp3) is 0.500. The average Bonchev–Trinajstić information content (AvgIpc) is 2.69. The highest BCUT2D eigenvalue weighted by Gasteiger charge is 2.04. The van der Waals surface area contributed by atoms with E-state index in [0.29, 0.717) is 11.6 Å². The molecule has 0 spiro atoms. The number of hydrogen-bond acceptors (Lipinski definition) is 5. The standard InChI is InChI=1S/C10H16N6O/c1-7(4-11-2)5-12-8-3-9-14-15-10(17)16(9)6-13-8/h3,6-7,11-12H,4-5H2,1-2H3,(H,15,17). The van der Waals surface area contributed by atoms with Crippen LogP contribution in [0.4, 0.5) is 5.82 Å². The van der Waals surface area contributed by atoms with E-state index in [-0.39, 0.29) is 5.69 Å². The Kier molecular flexibility index (Phi) is 3.38. The molecule has 92 valence electrons. The number of H-pyrrole nitrogens is 1. The van der Waals surface area contributed by atoms with E-state index in [0.717, 1.165) is 18.9 Å². The minimum Gasteiger partial charge on any atom is -0.370 e. The topological polar surface area (TPSA) is 87.1 Å². The Morgan fingerprint density at radius 1 is 1.53 bits per heavy atom. The number of anilines is 1. The zero-order valence-electron chi connectivity index (χ0n) is 9.90. The van der Waals surface area contributed by atoms with Gasteiger partial charge in [0.15, 0.2) is 5.65 Å². The third-order valence-corrected chi connectivity index (χ3v) is 2.49. The lowest BCUT2D eigenvalue weighted by Gasteiger charge is -2.12. The first-order valence-electron chi connectivity index (χ1n) is 5.52. The van der Waals surface area contributed by atoms with Crippen molar-refractivity contribution >= 4 is 11.5 Å². The molecule has 17 heavy (non-hydrogen) atoms. The first kappa shape index (κ1) is 11.6. The smallest absolute Gasteiger partial charge is 0.348 e. The second-order valence-corrected chi connectivity index (χ2v) is 4.07. The molecule has 0 radical (unpaired) electrons. The average molecular weight is 236 g/mol. The first-order chi connectivity index (χ1) is 8.20. The maximum absolute atomic E-state index is 11.2. The maximum Gasteiger partial charge on any atom is 0.348 e. The van der Waals surface area contributed by atoms with Gasteiger partial charge in [-0.2, -0.15) is 5.10 Å². The lowest BCUT2D eigenvalue weighted by Crippen LogP contribution is -2.23. The first-order valence-corrected chi connectivity index (χ1v) is 5.52. The summed E-state index contributed by atoms with van der Waals surface area (Å²) >= 11 is 0. The molecule has 2 aromatic rings. The van der Waals surface area contributed by atoms with E-state index in [2.05, 4.69) is 32.7 Å². The lowest BCUT2D eigenvalue weighted by atomic mass is 10.2. The molecule has 7 nitrogen and oxygen atoms in total. The highest BCUT2D eigenvalue weighted by Crippen LogP contribution is 2.05. The molecular formula is C10H16N6O. The van der Waals surface area contributed by atoms with Crippen LogP contribution in [0.2, 0.25) is 0 Å². The van der Waals surface area contributed by atoms with E-state index in [1.54, 1.807) is 6.07 Å². The van der Waals surface area contributed by atoms with Gasteiger partial charge in [-0.1, -0.05) is 6.92 Å². The summed E-state index contributed by atoms with van der Waals surface area (Å²) < 4.78 is 1.36. The van der Waals surface area contributed by atoms with Gasteiger partial charge in [-0.25, -0.2) is 19.3 Å². The van der Waals surface area contributed by atoms with Crippen LogP contribution in [0.5, 0.6) is 0 Å². The third-order valence-electron chi connectivity index (χ3n) is 2.49. The minimum absolute atomic E-state index is 0.275. The van der Waals surface area contributed by atoms with Crippen molar-refractivity contribution in [3.8, 4) is 0 Å². The summed E-state index contributed by atoms with van der Waals surface area (Å²) in [5.74, 6) is 1.22.